The molecule has 0 aromatic carbocycles. The largest absolute Gasteiger partial charge is 0.361 e. The molecule has 0 amide bonds. The molecule has 0 radical (unpaired) electrons. The minimum Gasteiger partial charge on any atom is -0.361 e. The standard InChI is InChI=1S/C9H14N6O/c1-6-8(7(2)16-12-6)5-9-11-13-14-15(9)4-3-10/h3-5,10H2,1-2H3. The maximum atomic E-state index is 5.47. The van der Waals surface area contributed by atoms with E-state index in [1.165, 1.54) is 0 Å². The Balaban J connectivity index is 2.23. The molecule has 0 aliphatic carbocycles. The average Bonchev–Trinajstić information content (AvgIpc) is 2.81. The second kappa shape index (κ2) is 4.40. The van der Waals surface area contributed by atoms with Gasteiger partial charge in [0.05, 0.1) is 12.2 Å². The molecule has 7 heteroatoms. The maximum absolute atomic E-state index is 5.47. The van der Waals surface area contributed by atoms with E-state index in [9.17, 15) is 0 Å². The highest BCUT2D eigenvalue weighted by Gasteiger charge is 2.13. The second-order valence-corrected chi connectivity index (χ2v) is 3.59. The maximum Gasteiger partial charge on any atom is 0.155 e. The van der Waals surface area contributed by atoms with E-state index in [4.69, 9.17) is 10.3 Å². The Labute approximate surface area is 92.6 Å². The van der Waals surface area contributed by atoms with Gasteiger partial charge in [-0.1, -0.05) is 5.16 Å². The lowest BCUT2D eigenvalue weighted by Gasteiger charge is -2.01. The highest BCUT2D eigenvalue weighted by Crippen LogP contribution is 2.15. The number of tetrazole rings is 1. The molecule has 2 heterocycles. The van der Waals surface area contributed by atoms with Crippen molar-refractivity contribution >= 4 is 0 Å². The van der Waals surface area contributed by atoms with Gasteiger partial charge in [-0.05, 0) is 24.3 Å². The van der Waals surface area contributed by atoms with Crippen molar-refractivity contribution in [2.45, 2.75) is 26.8 Å². The van der Waals surface area contributed by atoms with E-state index < -0.39 is 0 Å². The van der Waals surface area contributed by atoms with Crippen molar-refractivity contribution in [3.63, 3.8) is 0 Å². The highest BCUT2D eigenvalue weighted by molar-refractivity contribution is 5.24. The zero-order valence-electron chi connectivity index (χ0n) is 9.34. The van der Waals surface area contributed by atoms with Gasteiger partial charge in [0.25, 0.3) is 0 Å². The van der Waals surface area contributed by atoms with E-state index in [-0.39, 0.29) is 0 Å². The smallest absolute Gasteiger partial charge is 0.155 e. The fraction of sp³-hybridized carbons (Fsp3) is 0.556. The molecule has 86 valence electrons. The lowest BCUT2D eigenvalue weighted by atomic mass is 10.1. The van der Waals surface area contributed by atoms with Gasteiger partial charge in [-0.3, -0.25) is 0 Å². The van der Waals surface area contributed by atoms with E-state index >= 15 is 0 Å². The number of aryl methyl sites for hydroxylation is 2. The minimum absolute atomic E-state index is 0.514. The molecule has 2 N–H and O–H groups in total. The molecule has 7 nitrogen and oxygen atoms in total. The molecule has 0 saturated carbocycles. The van der Waals surface area contributed by atoms with Crippen LogP contribution in [0.2, 0.25) is 0 Å². The third-order valence-electron chi connectivity index (χ3n) is 2.46. The molecule has 2 aromatic heterocycles. The molecule has 0 saturated heterocycles. The fourth-order valence-electron chi connectivity index (χ4n) is 1.56. The molecule has 0 bridgehead atoms. The van der Waals surface area contributed by atoms with Gasteiger partial charge in [-0.2, -0.15) is 0 Å². The van der Waals surface area contributed by atoms with Crippen LogP contribution in [-0.2, 0) is 13.0 Å². The van der Waals surface area contributed by atoms with Crippen molar-refractivity contribution in [1.82, 2.24) is 25.4 Å². The first-order chi connectivity index (χ1) is 7.72. The summed E-state index contributed by atoms with van der Waals surface area (Å²) in [6.07, 6.45) is 0.619. The Bertz CT molecular complexity index is 455. The van der Waals surface area contributed by atoms with Gasteiger partial charge in [0.1, 0.15) is 5.76 Å². The van der Waals surface area contributed by atoms with Crippen LogP contribution < -0.4 is 5.73 Å². The van der Waals surface area contributed by atoms with Crippen LogP contribution in [0.3, 0.4) is 0 Å². The van der Waals surface area contributed by atoms with Gasteiger partial charge in [-0.15, -0.1) is 5.10 Å². The third kappa shape index (κ3) is 1.94. The van der Waals surface area contributed by atoms with E-state index in [0.717, 1.165) is 22.8 Å². The second-order valence-electron chi connectivity index (χ2n) is 3.59. The van der Waals surface area contributed by atoms with Crippen molar-refractivity contribution in [3.05, 3.63) is 22.8 Å². The molecule has 0 aliphatic heterocycles. The van der Waals surface area contributed by atoms with Crippen molar-refractivity contribution in [2.75, 3.05) is 6.54 Å². The number of hydrogen-bond donors (Lipinski definition) is 1. The quantitative estimate of drug-likeness (QED) is 0.771. The Morgan fingerprint density at radius 3 is 2.81 bits per heavy atom. The summed E-state index contributed by atoms with van der Waals surface area (Å²) in [6.45, 7) is 4.92. The van der Waals surface area contributed by atoms with Crippen LogP contribution in [0, 0.1) is 13.8 Å². The fourth-order valence-corrected chi connectivity index (χ4v) is 1.56. The molecule has 0 spiro atoms. The van der Waals surface area contributed by atoms with Gasteiger partial charge in [0.2, 0.25) is 0 Å². The first kappa shape index (κ1) is 10.7. The lowest BCUT2D eigenvalue weighted by Crippen LogP contribution is -2.14. The summed E-state index contributed by atoms with van der Waals surface area (Å²) in [5.74, 6) is 1.58. The lowest BCUT2D eigenvalue weighted by molar-refractivity contribution is 0.392. The summed E-state index contributed by atoms with van der Waals surface area (Å²) >= 11 is 0. The molecular formula is C9H14N6O. The first-order valence-electron chi connectivity index (χ1n) is 5.09. The summed E-state index contributed by atoms with van der Waals surface area (Å²) < 4.78 is 6.79. The minimum atomic E-state index is 0.514. The van der Waals surface area contributed by atoms with Crippen LogP contribution in [0.15, 0.2) is 4.52 Å². The van der Waals surface area contributed by atoms with Gasteiger partial charge in [0, 0.05) is 18.5 Å². The Kier molecular flexibility index (Phi) is 2.95. The number of hydrogen-bond acceptors (Lipinski definition) is 6. The number of aromatic nitrogens is 5. The third-order valence-corrected chi connectivity index (χ3v) is 2.46. The summed E-state index contributed by atoms with van der Waals surface area (Å²) in [5, 5.41) is 15.4. The normalized spacial score (nSPS) is 10.9. The molecule has 0 unspecified atom stereocenters. The van der Waals surface area contributed by atoms with E-state index in [2.05, 4.69) is 20.7 Å². The van der Waals surface area contributed by atoms with Gasteiger partial charge in [0.15, 0.2) is 5.82 Å². The van der Waals surface area contributed by atoms with Crippen LogP contribution in [0.5, 0.6) is 0 Å². The van der Waals surface area contributed by atoms with Crippen molar-refractivity contribution in [2.24, 2.45) is 5.73 Å². The van der Waals surface area contributed by atoms with Crippen molar-refractivity contribution in [3.8, 4) is 0 Å². The van der Waals surface area contributed by atoms with E-state index in [1.54, 1.807) is 4.68 Å². The Morgan fingerprint density at radius 1 is 1.38 bits per heavy atom. The predicted octanol–water partition coefficient (Wildman–Crippen LogP) is -0.173. The molecule has 0 atom stereocenters. The Morgan fingerprint density at radius 2 is 2.19 bits per heavy atom. The molecule has 0 aliphatic rings. The van der Waals surface area contributed by atoms with Crippen LogP contribution in [-0.4, -0.2) is 31.9 Å². The SMILES string of the molecule is Cc1noc(C)c1Cc1nnnn1CCN. The summed E-state index contributed by atoms with van der Waals surface area (Å²) in [6, 6.07) is 0. The van der Waals surface area contributed by atoms with Crippen LogP contribution in [0.1, 0.15) is 22.8 Å². The molecule has 0 fully saturated rings. The average molecular weight is 222 g/mol. The topological polar surface area (TPSA) is 95.6 Å². The molecule has 16 heavy (non-hydrogen) atoms. The summed E-state index contributed by atoms with van der Waals surface area (Å²) in [7, 11) is 0. The van der Waals surface area contributed by atoms with Crippen molar-refractivity contribution in [1.29, 1.82) is 0 Å². The predicted molar refractivity (Wildman–Crippen MR) is 55.7 cm³/mol. The first-order valence-corrected chi connectivity index (χ1v) is 5.09. The molecule has 2 rings (SSSR count). The van der Waals surface area contributed by atoms with Crippen LogP contribution >= 0.6 is 0 Å². The molecular weight excluding hydrogens is 208 g/mol. The van der Waals surface area contributed by atoms with Gasteiger partial charge >= 0.3 is 0 Å². The van der Waals surface area contributed by atoms with Crippen molar-refractivity contribution < 1.29 is 4.52 Å². The summed E-state index contributed by atoms with van der Waals surface area (Å²) in [5.41, 5.74) is 7.38. The van der Waals surface area contributed by atoms with E-state index in [1.807, 2.05) is 13.8 Å². The van der Waals surface area contributed by atoms with Crippen LogP contribution in [0.4, 0.5) is 0 Å². The number of rotatable bonds is 4. The summed E-state index contributed by atoms with van der Waals surface area (Å²) in [4.78, 5) is 0. The number of nitrogens with zero attached hydrogens (tertiary/aromatic N) is 5. The van der Waals surface area contributed by atoms with Gasteiger partial charge < -0.3 is 10.3 Å². The van der Waals surface area contributed by atoms with Gasteiger partial charge in [-0.25, -0.2) is 4.68 Å². The number of nitrogens with two attached hydrogens (primary N) is 1. The monoisotopic (exact) mass is 222 g/mol. The zero-order chi connectivity index (χ0) is 11.5. The van der Waals surface area contributed by atoms with E-state index in [0.29, 0.717) is 19.5 Å². The van der Waals surface area contributed by atoms with Crippen LogP contribution in [0.25, 0.3) is 0 Å². The Hall–Kier alpha value is -1.76. The zero-order valence-corrected chi connectivity index (χ0v) is 9.34. The molecule has 2 aromatic rings. The highest BCUT2D eigenvalue weighted by atomic mass is 16.5.